The molecule has 1 fully saturated rings. The molecule has 1 saturated heterocycles. The van der Waals surface area contributed by atoms with Crippen molar-refractivity contribution in [2.24, 2.45) is 0 Å². The number of hydrogen-bond donors (Lipinski definition) is 0. The van der Waals surface area contributed by atoms with Crippen LogP contribution in [0.15, 0.2) is 12.7 Å². The largest absolute Gasteiger partial charge is 0.444 e. The van der Waals surface area contributed by atoms with Gasteiger partial charge in [-0.15, -0.1) is 6.58 Å². The lowest BCUT2D eigenvalue weighted by Crippen LogP contribution is -2.24. The Hall–Kier alpha value is -0.990. The number of carbonyl (C=O) groups excluding carboxylic acids is 1. The third kappa shape index (κ3) is 1.29. The van der Waals surface area contributed by atoms with Gasteiger partial charge in [0, 0.05) is 6.54 Å². The van der Waals surface area contributed by atoms with Gasteiger partial charge in [-0.2, -0.15) is 0 Å². The molecule has 0 aromatic carbocycles. The first kappa shape index (κ1) is 7.12. The summed E-state index contributed by atoms with van der Waals surface area (Å²) in [5.74, 6) is 0. The van der Waals surface area contributed by atoms with Gasteiger partial charge in [0.15, 0.2) is 0 Å². The lowest BCUT2D eigenvalue weighted by Gasteiger charge is -2.07. The minimum absolute atomic E-state index is 0.0347. The second-order valence-corrected chi connectivity index (χ2v) is 2.39. The Balaban J connectivity index is 2.46. The first-order valence-electron chi connectivity index (χ1n) is 3.30. The quantitative estimate of drug-likeness (QED) is 0.537. The number of rotatable bonds is 2. The first-order valence-corrected chi connectivity index (χ1v) is 3.30. The second kappa shape index (κ2) is 2.73. The molecule has 1 heterocycles. The lowest BCUT2D eigenvalue weighted by molar-refractivity contribution is 0.139. The molecule has 0 aliphatic carbocycles. The van der Waals surface area contributed by atoms with Crippen molar-refractivity contribution in [2.75, 3.05) is 13.1 Å². The third-order valence-electron chi connectivity index (χ3n) is 1.39. The van der Waals surface area contributed by atoms with Crippen LogP contribution in [0.2, 0.25) is 0 Å². The standard InChI is InChI=1S/C7H11NO2/c1-3-4-8-5-6(2)10-7(8)9/h3,6H,1,4-5H2,2H3. The van der Waals surface area contributed by atoms with Gasteiger partial charge in [0.25, 0.3) is 0 Å². The van der Waals surface area contributed by atoms with Crippen molar-refractivity contribution in [3.63, 3.8) is 0 Å². The van der Waals surface area contributed by atoms with Crippen LogP contribution in [-0.4, -0.2) is 30.2 Å². The molecule has 0 aromatic rings. The van der Waals surface area contributed by atoms with E-state index in [-0.39, 0.29) is 12.2 Å². The summed E-state index contributed by atoms with van der Waals surface area (Å²) < 4.78 is 4.87. The molecule has 1 aliphatic heterocycles. The van der Waals surface area contributed by atoms with Crippen molar-refractivity contribution < 1.29 is 9.53 Å². The van der Waals surface area contributed by atoms with Crippen LogP contribution in [0.25, 0.3) is 0 Å². The summed E-state index contributed by atoms with van der Waals surface area (Å²) in [6.07, 6.45) is 1.50. The van der Waals surface area contributed by atoms with Crippen molar-refractivity contribution in [3.8, 4) is 0 Å². The van der Waals surface area contributed by atoms with Gasteiger partial charge in [-0.25, -0.2) is 4.79 Å². The highest BCUT2D eigenvalue weighted by Crippen LogP contribution is 2.09. The van der Waals surface area contributed by atoms with Crippen molar-refractivity contribution in [3.05, 3.63) is 12.7 Å². The molecule has 1 aliphatic rings. The Labute approximate surface area is 60.3 Å². The van der Waals surface area contributed by atoms with E-state index in [9.17, 15) is 4.79 Å². The zero-order chi connectivity index (χ0) is 7.56. The Morgan fingerprint density at radius 3 is 3.10 bits per heavy atom. The minimum atomic E-state index is -0.229. The van der Waals surface area contributed by atoms with Crippen molar-refractivity contribution in [1.29, 1.82) is 0 Å². The summed E-state index contributed by atoms with van der Waals surface area (Å²) in [4.78, 5) is 12.5. The van der Waals surface area contributed by atoms with Gasteiger partial charge in [-0.1, -0.05) is 6.08 Å². The van der Waals surface area contributed by atoms with E-state index in [4.69, 9.17) is 4.74 Å². The molecule has 0 radical (unpaired) electrons. The summed E-state index contributed by atoms with van der Waals surface area (Å²) >= 11 is 0. The van der Waals surface area contributed by atoms with Gasteiger partial charge < -0.3 is 9.64 Å². The topological polar surface area (TPSA) is 29.5 Å². The molecule has 3 nitrogen and oxygen atoms in total. The van der Waals surface area contributed by atoms with Crippen molar-refractivity contribution in [1.82, 2.24) is 4.90 Å². The normalized spacial score (nSPS) is 24.7. The molecular weight excluding hydrogens is 130 g/mol. The molecule has 10 heavy (non-hydrogen) atoms. The monoisotopic (exact) mass is 141 g/mol. The van der Waals surface area contributed by atoms with Crippen LogP contribution in [0.3, 0.4) is 0 Å². The smallest absolute Gasteiger partial charge is 0.410 e. The first-order chi connectivity index (χ1) is 4.74. The third-order valence-corrected chi connectivity index (χ3v) is 1.39. The maximum Gasteiger partial charge on any atom is 0.410 e. The van der Waals surface area contributed by atoms with Gasteiger partial charge >= 0.3 is 6.09 Å². The Morgan fingerprint density at radius 2 is 2.70 bits per heavy atom. The fourth-order valence-corrected chi connectivity index (χ4v) is 0.974. The predicted octanol–water partition coefficient (Wildman–Crippen LogP) is 1.01. The van der Waals surface area contributed by atoms with Gasteiger partial charge in [-0.05, 0) is 6.92 Å². The summed E-state index contributed by atoms with van der Waals surface area (Å²) in [7, 11) is 0. The molecule has 0 bridgehead atoms. The summed E-state index contributed by atoms with van der Waals surface area (Å²) in [6.45, 7) is 6.68. The van der Waals surface area contributed by atoms with E-state index in [1.165, 1.54) is 0 Å². The summed E-state index contributed by atoms with van der Waals surface area (Å²) in [6, 6.07) is 0. The van der Waals surface area contributed by atoms with Crippen LogP contribution >= 0.6 is 0 Å². The average molecular weight is 141 g/mol. The Morgan fingerprint density at radius 1 is 2.00 bits per heavy atom. The highest BCUT2D eigenvalue weighted by atomic mass is 16.6. The Bertz CT molecular complexity index is 156. The van der Waals surface area contributed by atoms with Crippen LogP contribution in [0, 0.1) is 0 Å². The molecule has 1 unspecified atom stereocenters. The maximum atomic E-state index is 10.8. The van der Waals surface area contributed by atoms with Crippen molar-refractivity contribution in [2.45, 2.75) is 13.0 Å². The lowest BCUT2D eigenvalue weighted by atomic mass is 10.4. The SMILES string of the molecule is C=CCN1CC(C)OC1=O. The van der Waals surface area contributed by atoms with E-state index in [0.717, 1.165) is 0 Å². The van der Waals surface area contributed by atoms with Gasteiger partial charge in [0.05, 0.1) is 6.54 Å². The number of carbonyl (C=O) groups is 1. The van der Waals surface area contributed by atoms with E-state index in [0.29, 0.717) is 13.1 Å². The molecule has 3 heteroatoms. The number of amides is 1. The Kier molecular flexibility index (Phi) is 1.94. The molecule has 0 saturated carbocycles. The summed E-state index contributed by atoms with van der Waals surface area (Å²) in [5.41, 5.74) is 0. The molecular formula is C7H11NO2. The molecule has 1 amide bonds. The van der Waals surface area contributed by atoms with Crippen LogP contribution in [0.5, 0.6) is 0 Å². The highest BCUT2D eigenvalue weighted by Gasteiger charge is 2.26. The van der Waals surface area contributed by atoms with E-state index in [1.54, 1.807) is 11.0 Å². The molecule has 0 N–H and O–H groups in total. The van der Waals surface area contributed by atoms with E-state index in [2.05, 4.69) is 6.58 Å². The number of hydrogen-bond acceptors (Lipinski definition) is 2. The molecule has 0 spiro atoms. The highest BCUT2D eigenvalue weighted by molar-refractivity contribution is 5.69. The molecule has 1 rings (SSSR count). The van der Waals surface area contributed by atoms with Gasteiger partial charge in [-0.3, -0.25) is 0 Å². The zero-order valence-electron chi connectivity index (χ0n) is 6.04. The van der Waals surface area contributed by atoms with Crippen molar-refractivity contribution >= 4 is 6.09 Å². The minimum Gasteiger partial charge on any atom is -0.444 e. The number of cyclic esters (lactones) is 1. The second-order valence-electron chi connectivity index (χ2n) is 2.39. The molecule has 0 aromatic heterocycles. The number of ether oxygens (including phenoxy) is 1. The van der Waals surface area contributed by atoms with Gasteiger partial charge in [0.1, 0.15) is 6.10 Å². The average Bonchev–Trinajstić information content (AvgIpc) is 2.13. The number of nitrogens with zero attached hydrogens (tertiary/aromatic N) is 1. The predicted molar refractivity (Wildman–Crippen MR) is 37.7 cm³/mol. The van der Waals surface area contributed by atoms with Crippen LogP contribution in [-0.2, 0) is 4.74 Å². The molecule has 1 atom stereocenters. The van der Waals surface area contributed by atoms with Gasteiger partial charge in [0.2, 0.25) is 0 Å². The maximum absolute atomic E-state index is 10.8. The van der Waals surface area contributed by atoms with Crippen LogP contribution < -0.4 is 0 Å². The summed E-state index contributed by atoms with van der Waals surface area (Å²) in [5, 5.41) is 0. The van der Waals surface area contributed by atoms with Crippen LogP contribution in [0.1, 0.15) is 6.92 Å². The van der Waals surface area contributed by atoms with E-state index < -0.39 is 0 Å². The van der Waals surface area contributed by atoms with E-state index >= 15 is 0 Å². The zero-order valence-corrected chi connectivity index (χ0v) is 6.04. The van der Waals surface area contributed by atoms with E-state index in [1.807, 2.05) is 6.92 Å². The fourth-order valence-electron chi connectivity index (χ4n) is 0.974. The molecule has 56 valence electrons. The fraction of sp³-hybridized carbons (Fsp3) is 0.571. The van der Waals surface area contributed by atoms with Crippen LogP contribution in [0.4, 0.5) is 4.79 Å².